The van der Waals surface area contributed by atoms with Crippen LogP contribution < -0.4 is 10.6 Å². The van der Waals surface area contributed by atoms with E-state index in [1.807, 2.05) is 6.07 Å². The first-order valence-corrected chi connectivity index (χ1v) is 6.39. The van der Waals surface area contributed by atoms with Crippen LogP contribution in [0.5, 0.6) is 0 Å². The SMILES string of the molecule is Nc1cc(Cl)nc(N(CCCO)C2CCC2)c1. The molecule has 17 heavy (non-hydrogen) atoms. The number of hydrogen-bond donors (Lipinski definition) is 2. The smallest absolute Gasteiger partial charge is 0.133 e. The van der Waals surface area contributed by atoms with E-state index in [0.717, 1.165) is 18.8 Å². The van der Waals surface area contributed by atoms with Gasteiger partial charge >= 0.3 is 0 Å². The van der Waals surface area contributed by atoms with Gasteiger partial charge in [-0.15, -0.1) is 0 Å². The summed E-state index contributed by atoms with van der Waals surface area (Å²) in [6.07, 6.45) is 4.36. The molecule has 2 rings (SSSR count). The summed E-state index contributed by atoms with van der Waals surface area (Å²) >= 11 is 5.93. The highest BCUT2D eigenvalue weighted by Gasteiger charge is 2.25. The molecular formula is C12H18ClN3O. The quantitative estimate of drug-likeness (QED) is 0.791. The van der Waals surface area contributed by atoms with Gasteiger partial charge in [-0.1, -0.05) is 11.6 Å². The Morgan fingerprint density at radius 2 is 2.24 bits per heavy atom. The van der Waals surface area contributed by atoms with Crippen molar-refractivity contribution >= 4 is 23.1 Å². The number of aromatic nitrogens is 1. The molecule has 0 aromatic carbocycles. The van der Waals surface area contributed by atoms with Gasteiger partial charge in [0.2, 0.25) is 0 Å². The van der Waals surface area contributed by atoms with Gasteiger partial charge in [-0.2, -0.15) is 0 Å². The molecule has 3 N–H and O–H groups in total. The molecular weight excluding hydrogens is 238 g/mol. The summed E-state index contributed by atoms with van der Waals surface area (Å²) in [4.78, 5) is 6.53. The topological polar surface area (TPSA) is 62.4 Å². The van der Waals surface area contributed by atoms with Crippen LogP contribution in [0.4, 0.5) is 11.5 Å². The van der Waals surface area contributed by atoms with Crippen molar-refractivity contribution in [1.29, 1.82) is 0 Å². The number of nitrogens with two attached hydrogens (primary N) is 1. The molecule has 1 aromatic rings. The number of halogens is 1. The average Bonchev–Trinajstić information content (AvgIpc) is 2.19. The summed E-state index contributed by atoms with van der Waals surface area (Å²) in [6, 6.07) is 4.02. The molecule has 0 saturated heterocycles. The number of nitrogens with zero attached hydrogens (tertiary/aromatic N) is 2. The Labute approximate surface area is 106 Å². The van der Waals surface area contributed by atoms with E-state index in [-0.39, 0.29) is 6.61 Å². The highest BCUT2D eigenvalue weighted by Crippen LogP contribution is 2.30. The molecule has 0 atom stereocenters. The molecule has 1 aliphatic rings. The second kappa shape index (κ2) is 5.56. The van der Waals surface area contributed by atoms with Gasteiger partial charge in [0.25, 0.3) is 0 Å². The third kappa shape index (κ3) is 3.01. The maximum atomic E-state index is 8.95. The van der Waals surface area contributed by atoms with E-state index in [9.17, 15) is 0 Å². The lowest BCUT2D eigenvalue weighted by Gasteiger charge is -2.38. The van der Waals surface area contributed by atoms with Crippen LogP contribution in [0.3, 0.4) is 0 Å². The first kappa shape index (κ1) is 12.5. The second-order valence-corrected chi connectivity index (χ2v) is 4.82. The van der Waals surface area contributed by atoms with Crippen LogP contribution in [0, 0.1) is 0 Å². The molecule has 1 aliphatic carbocycles. The molecule has 0 amide bonds. The molecule has 0 unspecified atom stereocenters. The molecule has 1 saturated carbocycles. The van der Waals surface area contributed by atoms with Gasteiger partial charge in [0, 0.05) is 30.9 Å². The number of hydrogen-bond acceptors (Lipinski definition) is 4. The Bertz CT molecular complexity index is 362. The number of pyridine rings is 1. The van der Waals surface area contributed by atoms with Crippen molar-refractivity contribution in [3.8, 4) is 0 Å². The zero-order valence-corrected chi connectivity index (χ0v) is 10.5. The molecule has 94 valence electrons. The first-order valence-electron chi connectivity index (χ1n) is 6.01. The predicted octanol–water partition coefficient (Wildman–Crippen LogP) is 2.06. The molecule has 1 aromatic heterocycles. The Morgan fingerprint density at radius 1 is 1.47 bits per heavy atom. The van der Waals surface area contributed by atoms with Crippen LogP contribution in [-0.2, 0) is 0 Å². The lowest BCUT2D eigenvalue weighted by Crippen LogP contribution is -2.41. The zero-order chi connectivity index (χ0) is 12.3. The Hall–Kier alpha value is -1.00. The molecule has 0 bridgehead atoms. The van der Waals surface area contributed by atoms with Crippen LogP contribution in [0.2, 0.25) is 5.15 Å². The largest absolute Gasteiger partial charge is 0.399 e. The van der Waals surface area contributed by atoms with Crippen molar-refractivity contribution in [2.24, 2.45) is 0 Å². The maximum Gasteiger partial charge on any atom is 0.133 e. The summed E-state index contributed by atoms with van der Waals surface area (Å²) in [5.74, 6) is 0.827. The van der Waals surface area contributed by atoms with E-state index in [4.69, 9.17) is 22.4 Å². The fourth-order valence-corrected chi connectivity index (χ4v) is 2.29. The Kier molecular flexibility index (Phi) is 4.07. The van der Waals surface area contributed by atoms with Gasteiger partial charge in [0.15, 0.2) is 0 Å². The van der Waals surface area contributed by atoms with Gasteiger partial charge in [0.05, 0.1) is 0 Å². The molecule has 5 heteroatoms. The predicted molar refractivity (Wildman–Crippen MR) is 70.3 cm³/mol. The highest BCUT2D eigenvalue weighted by molar-refractivity contribution is 6.29. The maximum absolute atomic E-state index is 8.95. The molecule has 4 nitrogen and oxygen atoms in total. The first-order chi connectivity index (χ1) is 8.20. The van der Waals surface area contributed by atoms with Crippen LogP contribution in [-0.4, -0.2) is 29.3 Å². The van der Waals surface area contributed by atoms with Crippen LogP contribution >= 0.6 is 11.6 Å². The molecule has 0 spiro atoms. The zero-order valence-electron chi connectivity index (χ0n) is 9.77. The fraction of sp³-hybridized carbons (Fsp3) is 0.583. The molecule has 1 heterocycles. The van der Waals surface area contributed by atoms with Crippen molar-refractivity contribution in [3.05, 3.63) is 17.3 Å². The summed E-state index contributed by atoms with van der Waals surface area (Å²) in [5, 5.41) is 9.37. The lowest BCUT2D eigenvalue weighted by atomic mass is 9.91. The summed E-state index contributed by atoms with van der Waals surface area (Å²) in [7, 11) is 0. The van der Waals surface area contributed by atoms with Gasteiger partial charge in [0.1, 0.15) is 11.0 Å². The van der Waals surface area contributed by atoms with Crippen molar-refractivity contribution in [3.63, 3.8) is 0 Å². The number of nitrogen functional groups attached to an aromatic ring is 1. The monoisotopic (exact) mass is 255 g/mol. The minimum atomic E-state index is 0.194. The van der Waals surface area contributed by atoms with E-state index in [1.165, 1.54) is 19.3 Å². The molecule has 1 fully saturated rings. The fourth-order valence-electron chi connectivity index (χ4n) is 2.07. The van der Waals surface area contributed by atoms with Gasteiger partial charge < -0.3 is 15.7 Å². The van der Waals surface area contributed by atoms with Crippen LogP contribution in [0.15, 0.2) is 12.1 Å². The number of rotatable bonds is 5. The van der Waals surface area contributed by atoms with Gasteiger partial charge in [-0.25, -0.2) is 4.98 Å². The lowest BCUT2D eigenvalue weighted by molar-refractivity contribution is 0.282. The van der Waals surface area contributed by atoms with Gasteiger partial charge in [-0.05, 0) is 31.7 Å². The van der Waals surface area contributed by atoms with E-state index in [2.05, 4.69) is 9.88 Å². The summed E-state index contributed by atoms with van der Waals surface area (Å²) in [5.41, 5.74) is 6.42. The molecule has 0 radical (unpaired) electrons. The van der Waals surface area contributed by atoms with Crippen molar-refractivity contribution in [2.75, 3.05) is 23.8 Å². The third-order valence-corrected chi connectivity index (χ3v) is 3.36. The van der Waals surface area contributed by atoms with Crippen molar-refractivity contribution in [1.82, 2.24) is 4.98 Å². The number of aliphatic hydroxyl groups excluding tert-OH is 1. The van der Waals surface area contributed by atoms with Crippen LogP contribution in [0.25, 0.3) is 0 Å². The number of aliphatic hydroxyl groups is 1. The Morgan fingerprint density at radius 3 is 2.76 bits per heavy atom. The van der Waals surface area contributed by atoms with Crippen LogP contribution in [0.1, 0.15) is 25.7 Å². The minimum Gasteiger partial charge on any atom is -0.399 e. The third-order valence-electron chi connectivity index (χ3n) is 3.17. The van der Waals surface area contributed by atoms with E-state index in [0.29, 0.717) is 16.9 Å². The second-order valence-electron chi connectivity index (χ2n) is 4.44. The summed E-state index contributed by atoms with van der Waals surface area (Å²) < 4.78 is 0. The van der Waals surface area contributed by atoms with Crippen molar-refractivity contribution in [2.45, 2.75) is 31.7 Å². The van der Waals surface area contributed by atoms with Crippen molar-refractivity contribution < 1.29 is 5.11 Å². The standard InChI is InChI=1S/C12H18ClN3O/c13-11-7-9(14)8-12(15-11)16(5-2-6-17)10-3-1-4-10/h7-8,10,17H,1-6H2,(H2,14,15). The normalized spacial score (nSPS) is 15.6. The van der Waals surface area contributed by atoms with E-state index in [1.54, 1.807) is 6.07 Å². The summed E-state index contributed by atoms with van der Waals surface area (Å²) in [6.45, 7) is 0.993. The van der Waals surface area contributed by atoms with E-state index < -0.39 is 0 Å². The highest BCUT2D eigenvalue weighted by atomic mass is 35.5. The van der Waals surface area contributed by atoms with Gasteiger partial charge in [-0.3, -0.25) is 0 Å². The van der Waals surface area contributed by atoms with E-state index >= 15 is 0 Å². The molecule has 0 aliphatic heterocycles. The number of anilines is 2. The minimum absolute atomic E-state index is 0.194. The Balaban J connectivity index is 2.17. The average molecular weight is 256 g/mol.